The Morgan fingerprint density at radius 2 is 1.88 bits per heavy atom. The average Bonchev–Trinajstić information content (AvgIpc) is 2.33. The van der Waals surface area contributed by atoms with Crippen molar-refractivity contribution in [2.45, 2.75) is 0 Å². The zero-order chi connectivity index (χ0) is 12.3. The second kappa shape index (κ2) is 5.35. The van der Waals surface area contributed by atoms with E-state index < -0.39 is 0 Å². The van der Waals surface area contributed by atoms with Crippen LogP contribution in [0.5, 0.6) is 0 Å². The van der Waals surface area contributed by atoms with Crippen molar-refractivity contribution in [2.24, 2.45) is 0 Å². The molecule has 0 saturated carbocycles. The number of hydrogen-bond donors (Lipinski definition) is 1. The van der Waals surface area contributed by atoms with Crippen molar-refractivity contribution in [3.8, 4) is 6.07 Å². The number of nitriles is 1. The second-order valence-corrected chi connectivity index (χ2v) is 5.21. The Balaban J connectivity index is 2.28. The standard InChI is InChI=1S/C13H8Br2N2/c14-10-4-5-13(12(15)7-10)17-11-3-1-2-9(6-11)8-16/h1-7,17H. The van der Waals surface area contributed by atoms with Crippen LogP contribution in [0, 0.1) is 11.3 Å². The molecule has 0 heterocycles. The molecule has 0 radical (unpaired) electrons. The summed E-state index contributed by atoms with van der Waals surface area (Å²) in [6.45, 7) is 0. The lowest BCUT2D eigenvalue weighted by atomic mass is 10.2. The van der Waals surface area contributed by atoms with E-state index in [0.717, 1.165) is 20.3 Å². The fourth-order valence-corrected chi connectivity index (χ4v) is 2.56. The predicted molar refractivity (Wildman–Crippen MR) is 76.3 cm³/mol. The highest BCUT2D eigenvalue weighted by Gasteiger charge is 2.01. The number of rotatable bonds is 2. The first-order valence-electron chi connectivity index (χ1n) is 4.91. The first-order chi connectivity index (χ1) is 8.19. The molecule has 2 nitrogen and oxygen atoms in total. The van der Waals surface area contributed by atoms with Crippen LogP contribution in [-0.2, 0) is 0 Å². The van der Waals surface area contributed by atoms with Crippen LogP contribution < -0.4 is 5.32 Å². The van der Waals surface area contributed by atoms with E-state index in [0.29, 0.717) is 5.56 Å². The van der Waals surface area contributed by atoms with Gasteiger partial charge in [-0.3, -0.25) is 0 Å². The lowest BCUT2D eigenvalue weighted by Gasteiger charge is -2.09. The smallest absolute Gasteiger partial charge is 0.0992 e. The van der Waals surface area contributed by atoms with Gasteiger partial charge in [-0.05, 0) is 52.3 Å². The van der Waals surface area contributed by atoms with Crippen LogP contribution in [0.25, 0.3) is 0 Å². The molecule has 0 aliphatic rings. The fourth-order valence-electron chi connectivity index (χ4n) is 1.41. The molecule has 0 spiro atoms. The summed E-state index contributed by atoms with van der Waals surface area (Å²) in [5, 5.41) is 12.1. The molecule has 0 atom stereocenters. The molecule has 0 aliphatic heterocycles. The van der Waals surface area contributed by atoms with E-state index in [1.807, 2.05) is 36.4 Å². The normalized spacial score (nSPS) is 9.71. The van der Waals surface area contributed by atoms with Crippen molar-refractivity contribution < 1.29 is 0 Å². The molecular formula is C13H8Br2N2. The van der Waals surface area contributed by atoms with Gasteiger partial charge in [0, 0.05) is 14.6 Å². The number of hydrogen-bond acceptors (Lipinski definition) is 2. The summed E-state index contributed by atoms with van der Waals surface area (Å²) in [5.74, 6) is 0. The molecule has 0 unspecified atom stereocenters. The molecule has 0 aliphatic carbocycles. The molecule has 0 bridgehead atoms. The van der Waals surface area contributed by atoms with E-state index in [9.17, 15) is 0 Å². The van der Waals surface area contributed by atoms with Crippen molar-refractivity contribution in [2.75, 3.05) is 5.32 Å². The zero-order valence-electron chi connectivity index (χ0n) is 8.74. The fraction of sp³-hybridized carbons (Fsp3) is 0. The SMILES string of the molecule is N#Cc1cccc(Nc2ccc(Br)cc2Br)c1. The first kappa shape index (κ1) is 12.2. The van der Waals surface area contributed by atoms with E-state index >= 15 is 0 Å². The van der Waals surface area contributed by atoms with Gasteiger partial charge in [0.05, 0.1) is 17.3 Å². The topological polar surface area (TPSA) is 35.8 Å². The van der Waals surface area contributed by atoms with Crippen molar-refractivity contribution in [1.29, 1.82) is 5.26 Å². The average molecular weight is 352 g/mol. The van der Waals surface area contributed by atoms with Crippen molar-refractivity contribution in [3.63, 3.8) is 0 Å². The van der Waals surface area contributed by atoms with E-state index in [-0.39, 0.29) is 0 Å². The monoisotopic (exact) mass is 350 g/mol. The van der Waals surface area contributed by atoms with Crippen LogP contribution in [-0.4, -0.2) is 0 Å². The van der Waals surface area contributed by atoms with Gasteiger partial charge in [-0.1, -0.05) is 22.0 Å². The second-order valence-electron chi connectivity index (χ2n) is 3.44. The minimum Gasteiger partial charge on any atom is -0.355 e. The summed E-state index contributed by atoms with van der Waals surface area (Å²) in [5.41, 5.74) is 2.50. The van der Waals surface area contributed by atoms with Crippen LogP contribution >= 0.6 is 31.9 Å². The van der Waals surface area contributed by atoms with E-state index in [2.05, 4.69) is 43.2 Å². The Morgan fingerprint density at radius 1 is 1.06 bits per heavy atom. The van der Waals surface area contributed by atoms with Gasteiger partial charge in [0.2, 0.25) is 0 Å². The Kier molecular flexibility index (Phi) is 3.82. The molecule has 0 amide bonds. The molecule has 2 rings (SSSR count). The molecule has 4 heteroatoms. The maximum Gasteiger partial charge on any atom is 0.0992 e. The van der Waals surface area contributed by atoms with Gasteiger partial charge in [-0.2, -0.15) is 5.26 Å². The summed E-state index contributed by atoms with van der Waals surface area (Å²) in [6.07, 6.45) is 0. The molecule has 2 aromatic rings. The Hall–Kier alpha value is -1.31. The number of halogens is 2. The quantitative estimate of drug-likeness (QED) is 0.841. The lowest BCUT2D eigenvalue weighted by Crippen LogP contribution is -1.91. The van der Waals surface area contributed by atoms with Gasteiger partial charge in [0.25, 0.3) is 0 Å². The van der Waals surface area contributed by atoms with Gasteiger partial charge in [-0.25, -0.2) is 0 Å². The first-order valence-corrected chi connectivity index (χ1v) is 6.50. The Bertz CT molecular complexity index is 588. The Labute approximate surface area is 117 Å². The van der Waals surface area contributed by atoms with Crippen molar-refractivity contribution >= 4 is 43.2 Å². The molecule has 84 valence electrons. The molecule has 17 heavy (non-hydrogen) atoms. The van der Waals surface area contributed by atoms with Crippen LogP contribution in [0.4, 0.5) is 11.4 Å². The number of benzene rings is 2. The molecule has 1 N–H and O–H groups in total. The molecule has 2 aromatic carbocycles. The van der Waals surface area contributed by atoms with Gasteiger partial charge in [0.1, 0.15) is 0 Å². The summed E-state index contributed by atoms with van der Waals surface area (Å²) in [7, 11) is 0. The summed E-state index contributed by atoms with van der Waals surface area (Å²) >= 11 is 6.89. The highest BCUT2D eigenvalue weighted by Crippen LogP contribution is 2.28. The van der Waals surface area contributed by atoms with Crippen LogP contribution in [0.2, 0.25) is 0 Å². The number of anilines is 2. The lowest BCUT2D eigenvalue weighted by molar-refractivity contribution is 1.46. The van der Waals surface area contributed by atoms with Crippen molar-refractivity contribution in [3.05, 3.63) is 57.0 Å². The highest BCUT2D eigenvalue weighted by molar-refractivity contribution is 9.11. The number of nitrogens with zero attached hydrogens (tertiary/aromatic N) is 1. The Morgan fingerprint density at radius 3 is 2.59 bits per heavy atom. The van der Waals surface area contributed by atoms with Crippen molar-refractivity contribution in [1.82, 2.24) is 0 Å². The zero-order valence-corrected chi connectivity index (χ0v) is 11.9. The molecule has 0 fully saturated rings. The molecule has 0 aromatic heterocycles. The van der Waals surface area contributed by atoms with Crippen LogP contribution in [0.3, 0.4) is 0 Å². The minimum atomic E-state index is 0.642. The third-order valence-corrected chi connectivity index (χ3v) is 3.35. The maximum absolute atomic E-state index is 8.83. The summed E-state index contributed by atoms with van der Waals surface area (Å²) in [6, 6.07) is 15.4. The minimum absolute atomic E-state index is 0.642. The van der Waals surface area contributed by atoms with E-state index in [1.165, 1.54) is 0 Å². The van der Waals surface area contributed by atoms with Gasteiger partial charge >= 0.3 is 0 Å². The van der Waals surface area contributed by atoms with Gasteiger partial charge in [0.15, 0.2) is 0 Å². The highest BCUT2D eigenvalue weighted by atomic mass is 79.9. The number of nitrogens with one attached hydrogen (secondary N) is 1. The predicted octanol–water partition coefficient (Wildman–Crippen LogP) is 4.83. The third kappa shape index (κ3) is 3.09. The van der Waals surface area contributed by atoms with Gasteiger partial charge < -0.3 is 5.32 Å². The van der Waals surface area contributed by atoms with Crippen LogP contribution in [0.1, 0.15) is 5.56 Å². The van der Waals surface area contributed by atoms with E-state index in [1.54, 1.807) is 6.07 Å². The molecule has 0 saturated heterocycles. The van der Waals surface area contributed by atoms with Crippen LogP contribution in [0.15, 0.2) is 51.4 Å². The van der Waals surface area contributed by atoms with E-state index in [4.69, 9.17) is 5.26 Å². The van der Waals surface area contributed by atoms with Gasteiger partial charge in [-0.15, -0.1) is 0 Å². The summed E-state index contributed by atoms with van der Waals surface area (Å²) in [4.78, 5) is 0. The maximum atomic E-state index is 8.83. The summed E-state index contributed by atoms with van der Waals surface area (Å²) < 4.78 is 1.98. The third-order valence-electron chi connectivity index (χ3n) is 2.20. The molecular weight excluding hydrogens is 344 g/mol. The largest absolute Gasteiger partial charge is 0.355 e.